The predicted octanol–water partition coefficient (Wildman–Crippen LogP) is 0.196. The Bertz CT molecular complexity index is 128. The minimum atomic E-state index is -0.753. The average molecular weight is 194 g/mol. The van der Waals surface area contributed by atoms with Gasteiger partial charge in [-0.15, -0.1) is 0 Å². The van der Waals surface area contributed by atoms with E-state index in [1.165, 1.54) is 0 Å². The molecule has 4 heteroatoms. The zero-order valence-electron chi connectivity index (χ0n) is 4.80. The summed E-state index contributed by atoms with van der Waals surface area (Å²) in [5.41, 5.74) is 0. The van der Waals surface area contributed by atoms with E-state index in [1.807, 2.05) is 0 Å². The van der Waals surface area contributed by atoms with E-state index in [9.17, 15) is 4.79 Å². The van der Waals surface area contributed by atoms with Gasteiger partial charge in [-0.1, -0.05) is 15.9 Å². The molecule has 2 N–H and O–H groups in total. The number of alkyl halides is 1. The maximum Gasteiger partial charge on any atom is 0.320 e. The number of halogens is 1. The summed E-state index contributed by atoms with van der Waals surface area (Å²) in [5.74, 6) is -0.753. The molecule has 3 nitrogen and oxygen atoms in total. The van der Waals surface area contributed by atoms with Gasteiger partial charge in [0.15, 0.2) is 0 Å². The number of carbonyl (C=O) groups is 1. The molecule has 1 aliphatic heterocycles. The Morgan fingerprint density at radius 1 is 1.78 bits per heavy atom. The fraction of sp³-hybridized carbons (Fsp3) is 0.800. The molecule has 0 aromatic carbocycles. The number of hydrogen-bond acceptors (Lipinski definition) is 2. The summed E-state index contributed by atoms with van der Waals surface area (Å²) in [5, 5.41) is 11.3. The SMILES string of the molecule is O=C(O)[C@H]1C[C@@H](Br)CN1. The summed E-state index contributed by atoms with van der Waals surface area (Å²) < 4.78 is 0. The number of carboxylic acids is 1. The van der Waals surface area contributed by atoms with Crippen molar-refractivity contribution in [1.29, 1.82) is 0 Å². The van der Waals surface area contributed by atoms with E-state index in [0.717, 1.165) is 6.54 Å². The first-order chi connectivity index (χ1) is 4.20. The standard InChI is InChI=1S/C5H8BrNO2/c6-3-1-4(5(8)9)7-2-3/h3-4,7H,1-2H2,(H,8,9)/t3-,4-/m1/s1. The van der Waals surface area contributed by atoms with E-state index in [2.05, 4.69) is 21.2 Å². The molecule has 0 spiro atoms. The van der Waals surface area contributed by atoms with Crippen molar-refractivity contribution in [2.45, 2.75) is 17.3 Å². The molecule has 1 aliphatic rings. The second kappa shape index (κ2) is 2.66. The lowest BCUT2D eigenvalue weighted by atomic mass is 10.2. The van der Waals surface area contributed by atoms with Gasteiger partial charge < -0.3 is 10.4 Å². The third kappa shape index (κ3) is 1.66. The van der Waals surface area contributed by atoms with Crippen LogP contribution in [-0.4, -0.2) is 28.5 Å². The predicted molar refractivity (Wildman–Crippen MR) is 36.8 cm³/mol. The van der Waals surface area contributed by atoms with Crippen molar-refractivity contribution >= 4 is 21.9 Å². The molecule has 1 fully saturated rings. The second-order valence-electron chi connectivity index (χ2n) is 2.13. The van der Waals surface area contributed by atoms with Crippen molar-refractivity contribution in [3.63, 3.8) is 0 Å². The maximum absolute atomic E-state index is 10.3. The molecule has 0 aliphatic carbocycles. The highest BCUT2D eigenvalue weighted by atomic mass is 79.9. The number of rotatable bonds is 1. The molecule has 0 bridgehead atoms. The number of aliphatic carboxylic acids is 1. The summed E-state index contributed by atoms with van der Waals surface area (Å²) in [6.07, 6.45) is 0.690. The molecule has 52 valence electrons. The molecular formula is C5H8BrNO2. The number of hydrogen-bond donors (Lipinski definition) is 2. The van der Waals surface area contributed by atoms with Crippen LogP contribution in [0.1, 0.15) is 6.42 Å². The molecule has 1 rings (SSSR count). The lowest BCUT2D eigenvalue weighted by molar-refractivity contribution is -0.139. The lowest BCUT2D eigenvalue weighted by Gasteiger charge is -1.99. The van der Waals surface area contributed by atoms with Crippen LogP contribution in [-0.2, 0) is 4.79 Å². The van der Waals surface area contributed by atoms with Gasteiger partial charge in [-0.2, -0.15) is 0 Å². The van der Waals surface area contributed by atoms with Crippen LogP contribution in [0.25, 0.3) is 0 Å². The largest absolute Gasteiger partial charge is 0.480 e. The topological polar surface area (TPSA) is 49.3 Å². The van der Waals surface area contributed by atoms with Gasteiger partial charge in [-0.3, -0.25) is 4.79 Å². The van der Waals surface area contributed by atoms with Gasteiger partial charge in [0, 0.05) is 11.4 Å². The molecular weight excluding hydrogens is 186 g/mol. The highest BCUT2D eigenvalue weighted by Crippen LogP contribution is 2.13. The third-order valence-electron chi connectivity index (χ3n) is 1.38. The Morgan fingerprint density at radius 3 is 2.67 bits per heavy atom. The summed E-state index contributed by atoms with van der Waals surface area (Å²) >= 11 is 3.32. The summed E-state index contributed by atoms with van der Waals surface area (Å²) in [6, 6.07) is -0.339. The van der Waals surface area contributed by atoms with Crippen molar-refractivity contribution in [1.82, 2.24) is 5.32 Å². The van der Waals surface area contributed by atoms with Crippen LogP contribution < -0.4 is 5.32 Å². The second-order valence-corrected chi connectivity index (χ2v) is 3.43. The van der Waals surface area contributed by atoms with Gasteiger partial charge in [0.25, 0.3) is 0 Å². The van der Waals surface area contributed by atoms with Crippen LogP contribution in [0.2, 0.25) is 0 Å². The van der Waals surface area contributed by atoms with Crippen LogP contribution >= 0.6 is 15.9 Å². The van der Waals surface area contributed by atoms with E-state index in [-0.39, 0.29) is 6.04 Å². The van der Waals surface area contributed by atoms with Crippen molar-refractivity contribution < 1.29 is 9.90 Å². The van der Waals surface area contributed by atoms with Crippen LogP contribution in [0, 0.1) is 0 Å². The van der Waals surface area contributed by atoms with Gasteiger partial charge in [0.2, 0.25) is 0 Å². The van der Waals surface area contributed by atoms with Crippen molar-refractivity contribution in [3.8, 4) is 0 Å². The zero-order chi connectivity index (χ0) is 6.85. The molecule has 0 unspecified atom stereocenters. The molecule has 1 saturated heterocycles. The van der Waals surface area contributed by atoms with Gasteiger partial charge >= 0.3 is 5.97 Å². The summed E-state index contributed by atoms with van der Waals surface area (Å²) in [4.78, 5) is 10.6. The van der Waals surface area contributed by atoms with E-state index in [1.54, 1.807) is 0 Å². The first-order valence-corrected chi connectivity index (χ1v) is 3.72. The fourth-order valence-corrected chi connectivity index (χ4v) is 1.44. The van der Waals surface area contributed by atoms with Crippen LogP contribution in [0.4, 0.5) is 0 Å². The number of nitrogens with one attached hydrogen (secondary N) is 1. The van der Waals surface area contributed by atoms with Crippen LogP contribution in [0.5, 0.6) is 0 Å². The smallest absolute Gasteiger partial charge is 0.320 e. The molecule has 0 aromatic rings. The van der Waals surface area contributed by atoms with Crippen molar-refractivity contribution in [3.05, 3.63) is 0 Å². The van der Waals surface area contributed by atoms with Crippen LogP contribution in [0.3, 0.4) is 0 Å². The lowest BCUT2D eigenvalue weighted by Crippen LogP contribution is -2.29. The molecule has 0 amide bonds. The van der Waals surface area contributed by atoms with Gasteiger partial charge in [-0.25, -0.2) is 0 Å². The Kier molecular flexibility index (Phi) is 2.08. The minimum Gasteiger partial charge on any atom is -0.480 e. The molecule has 9 heavy (non-hydrogen) atoms. The molecule has 1 heterocycles. The van der Waals surface area contributed by atoms with Crippen LogP contribution in [0.15, 0.2) is 0 Å². The maximum atomic E-state index is 10.3. The zero-order valence-corrected chi connectivity index (χ0v) is 6.39. The Hall–Kier alpha value is -0.0900. The number of carboxylic acid groups (broad SMARTS) is 1. The van der Waals surface area contributed by atoms with Crippen molar-refractivity contribution in [2.75, 3.05) is 6.54 Å². The minimum absolute atomic E-state index is 0.332. The molecule has 0 saturated carbocycles. The van der Waals surface area contributed by atoms with Crippen molar-refractivity contribution in [2.24, 2.45) is 0 Å². The van der Waals surface area contributed by atoms with Gasteiger partial charge in [-0.05, 0) is 6.42 Å². The normalized spacial score (nSPS) is 34.8. The Labute approximate surface area is 61.6 Å². The fourth-order valence-electron chi connectivity index (χ4n) is 0.881. The average Bonchev–Trinajstić information content (AvgIpc) is 2.14. The first kappa shape index (κ1) is 7.02. The highest BCUT2D eigenvalue weighted by Gasteiger charge is 2.26. The summed E-state index contributed by atoms with van der Waals surface area (Å²) in [6.45, 7) is 0.761. The summed E-state index contributed by atoms with van der Waals surface area (Å²) in [7, 11) is 0. The Morgan fingerprint density at radius 2 is 2.44 bits per heavy atom. The van der Waals surface area contributed by atoms with E-state index in [0.29, 0.717) is 11.2 Å². The monoisotopic (exact) mass is 193 g/mol. The quantitative estimate of drug-likeness (QED) is 0.586. The molecule has 2 atom stereocenters. The third-order valence-corrected chi connectivity index (χ3v) is 2.07. The first-order valence-electron chi connectivity index (χ1n) is 2.80. The van der Waals surface area contributed by atoms with Gasteiger partial charge in [0.05, 0.1) is 0 Å². The van der Waals surface area contributed by atoms with E-state index < -0.39 is 5.97 Å². The highest BCUT2D eigenvalue weighted by molar-refractivity contribution is 9.09. The molecule has 0 radical (unpaired) electrons. The van der Waals surface area contributed by atoms with E-state index >= 15 is 0 Å². The van der Waals surface area contributed by atoms with Gasteiger partial charge in [0.1, 0.15) is 6.04 Å². The molecule has 0 aromatic heterocycles. The van der Waals surface area contributed by atoms with E-state index in [4.69, 9.17) is 5.11 Å². The Balaban J connectivity index is 2.39.